The number of alkyl halides is 6. The summed E-state index contributed by atoms with van der Waals surface area (Å²) in [6.07, 6.45) is -8.26. The number of nitrogens with zero attached hydrogens (tertiary/aromatic N) is 3. The highest BCUT2D eigenvalue weighted by atomic mass is 35.5. The molecule has 12 heteroatoms. The minimum absolute atomic E-state index is 0.0169. The maximum absolute atomic E-state index is 12.7. The van der Waals surface area contributed by atoms with Gasteiger partial charge in [0.2, 0.25) is 5.91 Å². The number of halogens is 7. The number of rotatable bonds is 4. The van der Waals surface area contributed by atoms with Crippen LogP contribution in [0.5, 0.6) is 0 Å². The average molecular weight is 467 g/mol. The van der Waals surface area contributed by atoms with Gasteiger partial charge in [-0.3, -0.25) is 9.69 Å². The normalized spacial score (nSPS) is 15.8. The number of carbonyl (C=O) groups is 1. The second-order valence-corrected chi connectivity index (χ2v) is 7.32. The molecule has 31 heavy (non-hydrogen) atoms. The van der Waals surface area contributed by atoms with Gasteiger partial charge >= 0.3 is 12.4 Å². The molecule has 2 heterocycles. The Morgan fingerprint density at radius 2 is 1.55 bits per heavy atom. The molecule has 2 aromatic rings. The van der Waals surface area contributed by atoms with Crippen LogP contribution in [-0.2, 0) is 17.1 Å². The lowest BCUT2D eigenvalue weighted by molar-refractivity contribution is -0.138. The van der Waals surface area contributed by atoms with Crippen LogP contribution in [0.4, 0.5) is 37.8 Å². The van der Waals surface area contributed by atoms with E-state index in [4.69, 9.17) is 11.6 Å². The summed E-state index contributed by atoms with van der Waals surface area (Å²) in [5.74, 6) is -0.151. The molecule has 5 nitrogen and oxygen atoms in total. The number of carbonyl (C=O) groups excluding carboxylic acids is 1. The first-order valence-electron chi connectivity index (χ1n) is 9.10. The molecule has 1 N–H and O–H groups in total. The number of piperazine rings is 1. The number of hydrogen-bond acceptors (Lipinski definition) is 4. The molecule has 1 amide bonds. The lowest BCUT2D eigenvalue weighted by Crippen LogP contribution is -2.49. The molecule has 0 spiro atoms. The fourth-order valence-electron chi connectivity index (χ4n) is 3.08. The summed E-state index contributed by atoms with van der Waals surface area (Å²) in [5, 5.41) is 2.43. The number of anilines is 2. The first-order chi connectivity index (χ1) is 14.4. The lowest BCUT2D eigenvalue weighted by atomic mass is 10.2. The van der Waals surface area contributed by atoms with Crippen molar-refractivity contribution in [1.29, 1.82) is 0 Å². The molecule has 1 saturated heterocycles. The van der Waals surface area contributed by atoms with Crippen LogP contribution >= 0.6 is 11.6 Å². The van der Waals surface area contributed by atoms with E-state index in [0.717, 1.165) is 24.4 Å². The van der Waals surface area contributed by atoms with Gasteiger partial charge in [0, 0.05) is 38.1 Å². The first kappa shape index (κ1) is 23.1. The average Bonchev–Trinajstić information content (AvgIpc) is 2.67. The largest absolute Gasteiger partial charge is 0.417 e. The van der Waals surface area contributed by atoms with Crippen LogP contribution in [0, 0.1) is 0 Å². The third-order valence-corrected chi connectivity index (χ3v) is 4.96. The monoisotopic (exact) mass is 466 g/mol. The van der Waals surface area contributed by atoms with E-state index in [1.165, 1.54) is 12.1 Å². The van der Waals surface area contributed by atoms with Gasteiger partial charge in [-0.25, -0.2) is 4.98 Å². The van der Waals surface area contributed by atoms with Crippen molar-refractivity contribution >= 4 is 29.0 Å². The van der Waals surface area contributed by atoms with E-state index < -0.39 is 23.5 Å². The highest BCUT2D eigenvalue weighted by Crippen LogP contribution is 2.34. The number of hydrogen-bond donors (Lipinski definition) is 1. The SMILES string of the molecule is O=C(CN1CCN(c2ncc(C(F)(F)F)cc2Cl)CC1)Nc1ccc(C(F)(F)F)cc1. The van der Waals surface area contributed by atoms with Gasteiger partial charge in [-0.05, 0) is 30.3 Å². The van der Waals surface area contributed by atoms with Gasteiger partial charge in [-0.1, -0.05) is 11.6 Å². The summed E-state index contributed by atoms with van der Waals surface area (Å²) >= 11 is 5.97. The quantitative estimate of drug-likeness (QED) is 0.673. The second kappa shape index (κ2) is 8.91. The van der Waals surface area contributed by atoms with Crippen molar-refractivity contribution in [1.82, 2.24) is 9.88 Å². The van der Waals surface area contributed by atoms with E-state index in [0.29, 0.717) is 26.2 Å². The Balaban J connectivity index is 1.51. The summed E-state index contributed by atoms with van der Waals surface area (Å²) in [6, 6.07) is 4.95. The number of pyridine rings is 1. The van der Waals surface area contributed by atoms with Crippen LogP contribution < -0.4 is 10.2 Å². The minimum Gasteiger partial charge on any atom is -0.353 e. The number of amides is 1. The Morgan fingerprint density at radius 1 is 0.968 bits per heavy atom. The smallest absolute Gasteiger partial charge is 0.353 e. The van der Waals surface area contributed by atoms with Gasteiger partial charge in [-0.15, -0.1) is 0 Å². The lowest BCUT2D eigenvalue weighted by Gasteiger charge is -2.35. The second-order valence-electron chi connectivity index (χ2n) is 6.91. The van der Waals surface area contributed by atoms with Gasteiger partial charge in [0.25, 0.3) is 0 Å². The van der Waals surface area contributed by atoms with Gasteiger partial charge in [-0.2, -0.15) is 26.3 Å². The van der Waals surface area contributed by atoms with Gasteiger partial charge < -0.3 is 10.2 Å². The van der Waals surface area contributed by atoms with E-state index in [1.54, 1.807) is 4.90 Å². The van der Waals surface area contributed by atoms with Crippen LogP contribution in [0.3, 0.4) is 0 Å². The zero-order valence-electron chi connectivity index (χ0n) is 15.9. The molecule has 1 aromatic heterocycles. The summed E-state index contributed by atoms with van der Waals surface area (Å²) in [7, 11) is 0. The molecular formula is C19H17ClF6N4O. The van der Waals surface area contributed by atoms with E-state index in [9.17, 15) is 31.1 Å². The molecule has 1 aliphatic heterocycles. The maximum atomic E-state index is 12.7. The Morgan fingerprint density at radius 3 is 2.06 bits per heavy atom. The highest BCUT2D eigenvalue weighted by molar-refractivity contribution is 6.33. The third-order valence-electron chi connectivity index (χ3n) is 4.68. The highest BCUT2D eigenvalue weighted by Gasteiger charge is 2.32. The van der Waals surface area contributed by atoms with E-state index >= 15 is 0 Å². The van der Waals surface area contributed by atoms with Crippen molar-refractivity contribution in [2.75, 3.05) is 42.9 Å². The number of nitrogens with one attached hydrogen (secondary N) is 1. The van der Waals surface area contributed by atoms with E-state index in [-0.39, 0.29) is 29.0 Å². The zero-order chi connectivity index (χ0) is 22.8. The van der Waals surface area contributed by atoms with Crippen LogP contribution in [0.1, 0.15) is 11.1 Å². The molecule has 0 aliphatic carbocycles. The predicted octanol–water partition coefficient (Wildman–Crippen LogP) is 4.53. The van der Waals surface area contributed by atoms with Crippen molar-refractivity contribution in [3.8, 4) is 0 Å². The number of aromatic nitrogens is 1. The van der Waals surface area contributed by atoms with Crippen LogP contribution in [0.2, 0.25) is 5.02 Å². The van der Waals surface area contributed by atoms with Crippen LogP contribution in [0.25, 0.3) is 0 Å². The first-order valence-corrected chi connectivity index (χ1v) is 9.48. The Labute approximate surface area is 178 Å². The van der Waals surface area contributed by atoms with Gasteiger partial charge in [0.15, 0.2) is 0 Å². The van der Waals surface area contributed by atoms with Crippen molar-refractivity contribution in [3.05, 3.63) is 52.7 Å². The molecule has 0 atom stereocenters. The summed E-state index contributed by atoms with van der Waals surface area (Å²) in [6.45, 7) is 1.67. The summed E-state index contributed by atoms with van der Waals surface area (Å²) in [4.78, 5) is 19.5. The van der Waals surface area contributed by atoms with Crippen molar-refractivity contribution in [3.63, 3.8) is 0 Å². The topological polar surface area (TPSA) is 48.5 Å². The molecule has 0 saturated carbocycles. The van der Waals surface area contributed by atoms with Crippen molar-refractivity contribution < 1.29 is 31.1 Å². The zero-order valence-corrected chi connectivity index (χ0v) is 16.7. The van der Waals surface area contributed by atoms with E-state index in [2.05, 4.69) is 10.3 Å². The fraction of sp³-hybridized carbons (Fsp3) is 0.368. The molecule has 0 unspecified atom stereocenters. The number of benzene rings is 1. The maximum Gasteiger partial charge on any atom is 0.417 e. The standard InChI is InChI=1S/C19H17ClF6N4O/c20-15-9-13(19(24,25)26)10-27-17(15)30-7-5-29(6-8-30)11-16(31)28-14-3-1-12(2-4-14)18(21,22)23/h1-4,9-10H,5-8,11H2,(H,28,31). The predicted molar refractivity (Wildman–Crippen MR) is 103 cm³/mol. The Bertz CT molecular complexity index is 924. The minimum atomic E-state index is -4.53. The molecule has 0 bridgehead atoms. The Kier molecular flexibility index (Phi) is 6.65. The molecular weight excluding hydrogens is 450 g/mol. The Hall–Kier alpha value is -2.53. The molecule has 3 rings (SSSR count). The summed E-state index contributed by atoms with van der Waals surface area (Å²) in [5.41, 5.74) is -1.49. The molecule has 0 radical (unpaired) electrons. The van der Waals surface area contributed by atoms with Gasteiger partial charge in [0.05, 0.1) is 22.7 Å². The van der Waals surface area contributed by atoms with Crippen LogP contribution in [0.15, 0.2) is 36.5 Å². The van der Waals surface area contributed by atoms with Crippen molar-refractivity contribution in [2.45, 2.75) is 12.4 Å². The van der Waals surface area contributed by atoms with Crippen molar-refractivity contribution in [2.24, 2.45) is 0 Å². The van der Waals surface area contributed by atoms with Gasteiger partial charge in [0.1, 0.15) is 5.82 Å². The summed E-state index contributed by atoms with van der Waals surface area (Å²) < 4.78 is 76.0. The molecule has 1 fully saturated rings. The van der Waals surface area contributed by atoms with E-state index in [1.807, 2.05) is 4.90 Å². The fourth-order valence-corrected chi connectivity index (χ4v) is 3.37. The van der Waals surface area contributed by atoms with Crippen LogP contribution in [-0.4, -0.2) is 48.5 Å². The molecule has 1 aromatic carbocycles. The molecule has 168 valence electrons. The molecule has 1 aliphatic rings. The third kappa shape index (κ3) is 6.01.